The number of hydrogen-bond acceptors (Lipinski definition) is 2. The normalized spacial score (nSPS) is 14.6. The summed E-state index contributed by atoms with van der Waals surface area (Å²) in [5, 5.41) is 4.03. The summed E-state index contributed by atoms with van der Waals surface area (Å²) < 4.78 is 0. The number of amides is 2. The minimum absolute atomic E-state index is 0.137. The molecule has 2 heterocycles. The maximum absolute atomic E-state index is 12.5. The van der Waals surface area contributed by atoms with Crippen molar-refractivity contribution in [2.75, 3.05) is 11.9 Å². The van der Waals surface area contributed by atoms with Gasteiger partial charge in [0.15, 0.2) is 0 Å². The number of rotatable bonds is 4. The molecule has 0 radical (unpaired) electrons. The number of likely N-dealkylation sites (tertiary alicyclic amines) is 1. The molecule has 2 aromatic carbocycles. The number of carbonyl (C=O) groups is 2. The van der Waals surface area contributed by atoms with Crippen LogP contribution in [0.4, 0.5) is 5.69 Å². The number of carbonyl (C=O) groups excluding carboxylic acids is 2. The molecule has 0 aliphatic carbocycles. The Morgan fingerprint density at radius 2 is 1.93 bits per heavy atom. The first kappa shape index (κ1) is 17.3. The van der Waals surface area contributed by atoms with E-state index in [4.69, 9.17) is 0 Å². The lowest BCUT2D eigenvalue weighted by atomic mass is 10.1. The average molecular weight is 361 g/mol. The lowest BCUT2D eigenvalue weighted by Crippen LogP contribution is -2.34. The molecule has 2 N–H and O–H groups in total. The van der Waals surface area contributed by atoms with Crippen LogP contribution in [-0.2, 0) is 11.3 Å². The fourth-order valence-electron chi connectivity index (χ4n) is 3.57. The van der Waals surface area contributed by atoms with Gasteiger partial charge in [-0.25, -0.2) is 0 Å². The first-order valence-electron chi connectivity index (χ1n) is 9.36. The smallest absolute Gasteiger partial charge is 0.255 e. The van der Waals surface area contributed by atoms with Crippen LogP contribution in [0.3, 0.4) is 0 Å². The van der Waals surface area contributed by atoms with Crippen LogP contribution in [0, 0.1) is 6.92 Å². The first-order valence-corrected chi connectivity index (χ1v) is 9.36. The molecule has 0 saturated carbocycles. The van der Waals surface area contributed by atoms with Gasteiger partial charge in [0, 0.05) is 47.4 Å². The summed E-state index contributed by atoms with van der Waals surface area (Å²) in [4.78, 5) is 29.6. The van der Waals surface area contributed by atoms with Crippen molar-refractivity contribution in [2.24, 2.45) is 0 Å². The zero-order valence-electron chi connectivity index (χ0n) is 15.4. The predicted molar refractivity (Wildman–Crippen MR) is 107 cm³/mol. The van der Waals surface area contributed by atoms with Crippen LogP contribution >= 0.6 is 0 Å². The SMILES string of the molecule is Cc1cc2cc(NC(=O)c3ccc(CN4CCCCC4=O)cc3)ccc2[nH]1. The maximum atomic E-state index is 12.5. The molecular formula is C22H23N3O2. The van der Waals surface area contributed by atoms with Crippen LogP contribution in [0.15, 0.2) is 48.5 Å². The molecule has 5 nitrogen and oxygen atoms in total. The van der Waals surface area contributed by atoms with E-state index in [1.54, 1.807) is 0 Å². The van der Waals surface area contributed by atoms with E-state index >= 15 is 0 Å². The monoisotopic (exact) mass is 361 g/mol. The molecule has 2 amide bonds. The topological polar surface area (TPSA) is 65.2 Å². The molecule has 0 bridgehead atoms. The molecule has 1 fully saturated rings. The van der Waals surface area contributed by atoms with E-state index in [0.29, 0.717) is 18.5 Å². The lowest BCUT2D eigenvalue weighted by molar-refractivity contribution is -0.133. The zero-order chi connectivity index (χ0) is 18.8. The van der Waals surface area contributed by atoms with Gasteiger partial charge in [0.25, 0.3) is 5.91 Å². The predicted octanol–water partition coefficient (Wildman–Crippen LogP) is 4.24. The summed E-state index contributed by atoms with van der Waals surface area (Å²) in [5.74, 6) is 0.0839. The number of aryl methyl sites for hydroxylation is 1. The van der Waals surface area contributed by atoms with Crippen LogP contribution < -0.4 is 5.32 Å². The Bertz CT molecular complexity index is 988. The second kappa shape index (κ2) is 7.27. The second-order valence-corrected chi connectivity index (χ2v) is 7.18. The van der Waals surface area contributed by atoms with Gasteiger partial charge in [-0.15, -0.1) is 0 Å². The second-order valence-electron chi connectivity index (χ2n) is 7.18. The minimum Gasteiger partial charge on any atom is -0.359 e. The van der Waals surface area contributed by atoms with Gasteiger partial charge in [0.1, 0.15) is 0 Å². The van der Waals surface area contributed by atoms with E-state index in [2.05, 4.69) is 16.4 Å². The number of benzene rings is 2. The summed E-state index contributed by atoms with van der Waals surface area (Å²) in [7, 11) is 0. The summed E-state index contributed by atoms with van der Waals surface area (Å²) in [6.45, 7) is 3.45. The van der Waals surface area contributed by atoms with E-state index in [-0.39, 0.29) is 11.8 Å². The van der Waals surface area contributed by atoms with Crippen LogP contribution in [0.1, 0.15) is 40.9 Å². The summed E-state index contributed by atoms with van der Waals surface area (Å²) in [5.41, 5.74) is 4.58. The Balaban J connectivity index is 1.42. The first-order chi connectivity index (χ1) is 13.1. The van der Waals surface area contributed by atoms with E-state index in [1.807, 2.05) is 54.3 Å². The van der Waals surface area contributed by atoms with Crippen LogP contribution in [0.2, 0.25) is 0 Å². The molecular weight excluding hydrogens is 338 g/mol. The highest BCUT2D eigenvalue weighted by molar-refractivity contribution is 6.05. The van der Waals surface area contributed by atoms with Crippen molar-refractivity contribution in [2.45, 2.75) is 32.7 Å². The Hall–Kier alpha value is -3.08. The van der Waals surface area contributed by atoms with Crippen LogP contribution in [0.5, 0.6) is 0 Å². The molecule has 138 valence electrons. The van der Waals surface area contributed by atoms with Crippen molar-refractivity contribution in [3.05, 3.63) is 65.4 Å². The summed E-state index contributed by atoms with van der Waals surface area (Å²) in [6, 6.07) is 15.4. The van der Waals surface area contributed by atoms with Crippen LogP contribution in [-0.4, -0.2) is 28.2 Å². The average Bonchev–Trinajstić information content (AvgIpc) is 3.03. The van der Waals surface area contributed by atoms with Gasteiger partial charge >= 0.3 is 0 Å². The highest BCUT2D eigenvalue weighted by atomic mass is 16.2. The summed E-state index contributed by atoms with van der Waals surface area (Å²) in [6.07, 6.45) is 2.70. The van der Waals surface area contributed by atoms with Crippen molar-refractivity contribution >= 4 is 28.4 Å². The van der Waals surface area contributed by atoms with Gasteiger partial charge in [-0.2, -0.15) is 0 Å². The highest BCUT2D eigenvalue weighted by Gasteiger charge is 2.18. The molecule has 1 aliphatic rings. The number of nitrogens with one attached hydrogen (secondary N) is 2. The number of fused-ring (bicyclic) bond motifs is 1. The molecule has 4 rings (SSSR count). The quantitative estimate of drug-likeness (QED) is 0.730. The minimum atomic E-state index is -0.137. The molecule has 1 aliphatic heterocycles. The van der Waals surface area contributed by atoms with Crippen molar-refractivity contribution in [1.82, 2.24) is 9.88 Å². The van der Waals surface area contributed by atoms with Crippen molar-refractivity contribution in [3.8, 4) is 0 Å². The number of anilines is 1. The summed E-state index contributed by atoms with van der Waals surface area (Å²) >= 11 is 0. The van der Waals surface area contributed by atoms with Crippen molar-refractivity contribution in [1.29, 1.82) is 0 Å². The van der Waals surface area contributed by atoms with E-state index in [9.17, 15) is 9.59 Å². The molecule has 27 heavy (non-hydrogen) atoms. The Morgan fingerprint density at radius 3 is 2.70 bits per heavy atom. The number of nitrogens with zero attached hydrogens (tertiary/aromatic N) is 1. The highest BCUT2D eigenvalue weighted by Crippen LogP contribution is 2.21. The number of piperidine rings is 1. The Morgan fingerprint density at radius 1 is 1.11 bits per heavy atom. The largest absolute Gasteiger partial charge is 0.359 e. The van der Waals surface area contributed by atoms with Gasteiger partial charge in [0.2, 0.25) is 5.91 Å². The van der Waals surface area contributed by atoms with Crippen LogP contribution in [0.25, 0.3) is 10.9 Å². The zero-order valence-corrected chi connectivity index (χ0v) is 15.4. The van der Waals surface area contributed by atoms with Crippen molar-refractivity contribution < 1.29 is 9.59 Å². The fourth-order valence-corrected chi connectivity index (χ4v) is 3.57. The van der Waals surface area contributed by atoms with Gasteiger partial charge in [0.05, 0.1) is 0 Å². The molecule has 0 atom stereocenters. The van der Waals surface area contributed by atoms with E-state index in [0.717, 1.165) is 47.2 Å². The number of H-pyrrole nitrogens is 1. The van der Waals surface area contributed by atoms with E-state index < -0.39 is 0 Å². The van der Waals surface area contributed by atoms with Gasteiger partial charge in [-0.1, -0.05) is 12.1 Å². The molecule has 1 saturated heterocycles. The number of aromatic amines is 1. The Labute approximate surface area is 158 Å². The molecule has 3 aromatic rings. The molecule has 1 aromatic heterocycles. The third kappa shape index (κ3) is 3.87. The molecule has 0 spiro atoms. The Kier molecular flexibility index (Phi) is 4.67. The van der Waals surface area contributed by atoms with Gasteiger partial charge < -0.3 is 15.2 Å². The van der Waals surface area contributed by atoms with E-state index in [1.165, 1.54) is 0 Å². The number of hydrogen-bond donors (Lipinski definition) is 2. The molecule has 0 unspecified atom stereocenters. The fraction of sp³-hybridized carbons (Fsp3) is 0.273. The number of aromatic nitrogens is 1. The van der Waals surface area contributed by atoms with Gasteiger partial charge in [-0.3, -0.25) is 9.59 Å². The third-order valence-corrected chi connectivity index (χ3v) is 5.02. The maximum Gasteiger partial charge on any atom is 0.255 e. The standard InChI is InChI=1S/C22H23N3O2/c1-15-12-18-13-19(9-10-20(18)23-15)24-22(27)17-7-5-16(6-8-17)14-25-11-3-2-4-21(25)26/h5-10,12-13,23H,2-4,11,14H2,1H3,(H,24,27). The molecule has 5 heteroatoms. The lowest BCUT2D eigenvalue weighted by Gasteiger charge is -2.26. The van der Waals surface area contributed by atoms with Gasteiger partial charge in [-0.05, 0) is 61.7 Å². The third-order valence-electron chi connectivity index (χ3n) is 5.02. The van der Waals surface area contributed by atoms with Crippen molar-refractivity contribution in [3.63, 3.8) is 0 Å².